The summed E-state index contributed by atoms with van der Waals surface area (Å²) in [5, 5.41) is 0. The minimum absolute atomic E-state index is 0.0490. The molecule has 3 aliphatic heterocycles. The summed E-state index contributed by atoms with van der Waals surface area (Å²) in [7, 11) is -1.41. The molecule has 16 atom stereocenters. The highest BCUT2D eigenvalue weighted by Crippen LogP contribution is 2.46. The monoisotopic (exact) mass is 1180 g/mol. The second-order valence-electron chi connectivity index (χ2n) is 22.2. The Morgan fingerprint density at radius 3 is 1.13 bits per heavy atom. The zero-order valence-electron chi connectivity index (χ0n) is 50.4. The highest BCUT2D eigenvalue weighted by atomic mass is 31.2. The van der Waals surface area contributed by atoms with Crippen LogP contribution in [0.1, 0.15) is 114 Å². The zero-order valence-corrected chi connectivity index (χ0v) is 51.3. The summed E-state index contributed by atoms with van der Waals surface area (Å²) in [6, 6.07) is 26.8. The molecule has 3 heterocycles. The van der Waals surface area contributed by atoms with Crippen molar-refractivity contribution in [1.29, 1.82) is 0 Å². The molecule has 0 bridgehead atoms. The molecule has 16 unspecified atom stereocenters. The highest BCUT2D eigenvalue weighted by Gasteiger charge is 2.48. The molecule has 3 aromatic rings. The van der Waals surface area contributed by atoms with Crippen molar-refractivity contribution >= 4 is 26.4 Å². The minimum Gasteiger partial charge on any atom is -0.453 e. The van der Waals surface area contributed by atoms with Crippen molar-refractivity contribution < 1.29 is 80.3 Å². The lowest BCUT2D eigenvalue weighted by molar-refractivity contribution is -0.287. The number of nitrogens with zero attached hydrogens (tertiary/aromatic N) is 2. The Balaban J connectivity index is 1.04. The third-order valence-corrected chi connectivity index (χ3v) is 17.8. The highest BCUT2D eigenvalue weighted by molar-refractivity contribution is 7.44. The molecule has 0 N–H and O–H groups in total. The maximum atomic E-state index is 13.5. The van der Waals surface area contributed by atoms with E-state index >= 15 is 0 Å². The van der Waals surface area contributed by atoms with Gasteiger partial charge in [0.05, 0.1) is 94.5 Å². The fraction of sp³-hybridized carbons (Fsp3) is 0.651. The standard InChI is InChI=1S/C63H91N2O17P/c1-13-30-72-61-55(80-58(66)49-23-17-14-18-24-49)46(9)43(6)52(77-61)38-69-32-35-73-62-56(81-59(67)50-25-19-15-20-26-50)47(10)44(7)53(78-62)39-70-33-36-74-63-57(82-60(68)51-27-21-16-22-28-51)48(11)45(8)54(79-63)40-71-34-37-76-83(75-31-29-64-12)65(41(2)3)42(4)5/h14-28,41-48,52-57,61-63H,13,29-40H2,1-11H3. The molecular weight excluding hydrogens is 1090 g/mol. The fourth-order valence-electron chi connectivity index (χ4n) is 10.3. The van der Waals surface area contributed by atoms with Gasteiger partial charge in [-0.05, 0) is 88.3 Å². The molecule has 460 valence electrons. The van der Waals surface area contributed by atoms with Crippen molar-refractivity contribution in [2.75, 3.05) is 79.2 Å². The van der Waals surface area contributed by atoms with E-state index in [9.17, 15) is 14.4 Å². The van der Waals surface area contributed by atoms with E-state index in [2.05, 4.69) is 37.2 Å². The van der Waals surface area contributed by atoms with Gasteiger partial charge in [-0.3, -0.25) is 0 Å². The van der Waals surface area contributed by atoms with Crippen LogP contribution in [-0.4, -0.2) is 169 Å². The van der Waals surface area contributed by atoms with Gasteiger partial charge in [-0.1, -0.05) is 103 Å². The van der Waals surface area contributed by atoms with Crippen LogP contribution in [0.3, 0.4) is 0 Å². The van der Waals surface area contributed by atoms with E-state index in [0.29, 0.717) is 23.3 Å². The first-order valence-corrected chi connectivity index (χ1v) is 30.7. The Kier molecular flexibility index (Phi) is 28.7. The Morgan fingerprint density at radius 1 is 0.482 bits per heavy atom. The van der Waals surface area contributed by atoms with E-state index in [-0.39, 0.29) is 126 Å². The molecule has 0 aromatic heterocycles. The summed E-state index contributed by atoms with van der Waals surface area (Å²) < 4.78 is 89.9. The average Bonchev–Trinajstić information content (AvgIpc) is 3.59. The van der Waals surface area contributed by atoms with Crippen molar-refractivity contribution in [3.8, 4) is 0 Å². The number of hydrogen-bond donors (Lipinski definition) is 0. The fourth-order valence-corrected chi connectivity index (χ4v) is 11.9. The van der Waals surface area contributed by atoms with Gasteiger partial charge < -0.3 is 70.7 Å². The molecular formula is C63H91N2O17P. The van der Waals surface area contributed by atoms with Gasteiger partial charge in [0, 0.05) is 36.4 Å². The molecule has 3 saturated heterocycles. The van der Waals surface area contributed by atoms with E-state index in [0.717, 1.165) is 6.42 Å². The van der Waals surface area contributed by atoms with Gasteiger partial charge in [-0.2, -0.15) is 0 Å². The average molecular weight is 1180 g/mol. The maximum Gasteiger partial charge on any atom is 0.338 e. The van der Waals surface area contributed by atoms with E-state index in [1.807, 2.05) is 66.7 Å². The van der Waals surface area contributed by atoms with E-state index in [1.54, 1.807) is 72.8 Å². The van der Waals surface area contributed by atoms with Crippen LogP contribution >= 0.6 is 8.53 Å². The molecule has 20 heteroatoms. The Labute approximate surface area is 493 Å². The number of rotatable bonds is 33. The topological polar surface area (TPSA) is 188 Å². The lowest BCUT2D eigenvalue weighted by Gasteiger charge is -2.44. The number of carbonyl (C=O) groups excluding carboxylic acids is 3. The third kappa shape index (κ3) is 20.0. The van der Waals surface area contributed by atoms with Crippen molar-refractivity contribution in [1.82, 2.24) is 4.67 Å². The zero-order chi connectivity index (χ0) is 59.8. The van der Waals surface area contributed by atoms with Crippen molar-refractivity contribution in [2.24, 2.45) is 35.5 Å². The Hall–Kier alpha value is -4.49. The van der Waals surface area contributed by atoms with Crippen LogP contribution in [-0.2, 0) is 65.9 Å². The molecule has 0 saturated carbocycles. The van der Waals surface area contributed by atoms with Crippen LogP contribution in [0, 0.1) is 42.1 Å². The summed E-state index contributed by atoms with van der Waals surface area (Å²) in [5.74, 6) is -2.16. The van der Waals surface area contributed by atoms with Gasteiger partial charge in [0.2, 0.25) is 6.54 Å². The minimum atomic E-state index is -1.41. The van der Waals surface area contributed by atoms with Crippen LogP contribution in [0.15, 0.2) is 91.0 Å². The SMILES string of the molecule is [C-]#[N+]CCOP(OCCOCC1OC(OCCOCC2OC(OCCOCC3OC(OCCC)C(OC(=O)c4ccccc4)C(C)C3C)C(OC(=O)c3ccccc3)C(C)C2C)C(OC(=O)c2ccccc2)C(C)C1C)N(C(C)C)C(C)C. The van der Waals surface area contributed by atoms with Crippen LogP contribution in [0.4, 0.5) is 0 Å². The van der Waals surface area contributed by atoms with Gasteiger partial charge in [0.25, 0.3) is 8.53 Å². The van der Waals surface area contributed by atoms with Crippen LogP contribution < -0.4 is 0 Å². The molecule has 3 aromatic carbocycles. The Morgan fingerprint density at radius 2 is 0.807 bits per heavy atom. The smallest absolute Gasteiger partial charge is 0.338 e. The second kappa shape index (κ2) is 35.2. The number of benzene rings is 3. The molecule has 19 nitrogen and oxygen atoms in total. The van der Waals surface area contributed by atoms with E-state index in [1.165, 1.54) is 0 Å². The van der Waals surface area contributed by atoms with E-state index < -0.39 is 75.8 Å². The summed E-state index contributed by atoms with van der Waals surface area (Å²) >= 11 is 0. The van der Waals surface area contributed by atoms with Crippen LogP contribution in [0.5, 0.6) is 0 Å². The van der Waals surface area contributed by atoms with Crippen molar-refractivity contribution in [2.45, 2.75) is 150 Å². The lowest BCUT2D eigenvalue weighted by atomic mass is 9.83. The summed E-state index contributed by atoms with van der Waals surface area (Å²) in [5.41, 5.74) is 1.28. The Bertz CT molecular complexity index is 2380. The molecule has 0 radical (unpaired) electrons. The molecule has 0 aliphatic carbocycles. The molecule has 0 spiro atoms. The first kappa shape index (κ1) is 67.6. The third-order valence-electron chi connectivity index (χ3n) is 15.7. The molecule has 0 amide bonds. The van der Waals surface area contributed by atoms with Gasteiger partial charge in [-0.15, -0.1) is 0 Å². The van der Waals surface area contributed by atoms with Crippen LogP contribution in [0.25, 0.3) is 4.85 Å². The lowest BCUT2D eigenvalue weighted by Crippen LogP contribution is -2.54. The van der Waals surface area contributed by atoms with Gasteiger partial charge >= 0.3 is 17.9 Å². The number of ether oxygens (including phenoxy) is 12. The first-order chi connectivity index (χ1) is 40.0. The van der Waals surface area contributed by atoms with Gasteiger partial charge in [0.15, 0.2) is 37.2 Å². The predicted octanol–water partition coefficient (Wildman–Crippen LogP) is 10.5. The van der Waals surface area contributed by atoms with Gasteiger partial charge in [0.1, 0.15) is 6.61 Å². The number of hydrogen-bond acceptors (Lipinski definition) is 18. The van der Waals surface area contributed by atoms with Crippen LogP contribution in [0.2, 0.25) is 0 Å². The molecule has 3 aliphatic rings. The number of esters is 3. The number of carbonyl (C=O) groups is 3. The molecule has 83 heavy (non-hydrogen) atoms. The predicted molar refractivity (Wildman–Crippen MR) is 311 cm³/mol. The second-order valence-corrected chi connectivity index (χ2v) is 23.6. The summed E-state index contributed by atoms with van der Waals surface area (Å²) in [6.07, 6.45) is -5.24. The molecule has 3 fully saturated rings. The summed E-state index contributed by atoms with van der Waals surface area (Å²) in [6.45, 7) is 32.5. The van der Waals surface area contributed by atoms with Crippen molar-refractivity contribution in [3.63, 3.8) is 0 Å². The summed E-state index contributed by atoms with van der Waals surface area (Å²) in [4.78, 5) is 43.6. The normalized spacial score (nSPS) is 28.6. The van der Waals surface area contributed by atoms with Crippen molar-refractivity contribution in [3.05, 3.63) is 119 Å². The molecule has 6 rings (SSSR count). The van der Waals surface area contributed by atoms with E-state index in [4.69, 9.17) is 72.5 Å². The van der Waals surface area contributed by atoms with Gasteiger partial charge in [-0.25, -0.2) is 25.6 Å². The maximum absolute atomic E-state index is 13.5. The largest absolute Gasteiger partial charge is 0.453 e. The first-order valence-electron chi connectivity index (χ1n) is 29.5. The quantitative estimate of drug-likeness (QED) is 0.0184.